The van der Waals surface area contributed by atoms with E-state index >= 15 is 0 Å². The molecule has 0 atom stereocenters. The van der Waals surface area contributed by atoms with Gasteiger partial charge in [0.05, 0.1) is 5.88 Å². The first-order chi connectivity index (χ1) is 6.07. The van der Waals surface area contributed by atoms with E-state index in [1.165, 1.54) is 0 Å². The highest BCUT2D eigenvalue weighted by Gasteiger charge is 2.20. The summed E-state index contributed by atoms with van der Waals surface area (Å²) in [4.78, 5) is 3.26. The van der Waals surface area contributed by atoms with Crippen LogP contribution in [0.1, 0.15) is 17.6 Å². The Kier molecular flexibility index (Phi) is 3.55. The molecular formula is C7H4BrClF3N. The van der Waals surface area contributed by atoms with Crippen molar-refractivity contribution in [1.29, 1.82) is 0 Å². The molecule has 1 aromatic heterocycles. The van der Waals surface area contributed by atoms with E-state index in [1.807, 2.05) is 0 Å². The zero-order valence-electron chi connectivity index (χ0n) is 6.20. The number of hydrogen-bond acceptors (Lipinski definition) is 1. The fourth-order valence-electron chi connectivity index (χ4n) is 0.879. The number of pyridine rings is 1. The molecule has 1 rings (SSSR count). The van der Waals surface area contributed by atoms with Crippen molar-refractivity contribution in [1.82, 2.24) is 4.98 Å². The van der Waals surface area contributed by atoms with Gasteiger partial charge in [0, 0.05) is 21.8 Å². The van der Waals surface area contributed by atoms with E-state index in [4.69, 9.17) is 11.6 Å². The lowest BCUT2D eigenvalue weighted by Crippen LogP contribution is -2.00. The van der Waals surface area contributed by atoms with Crippen LogP contribution < -0.4 is 0 Å². The molecule has 0 aliphatic heterocycles. The topological polar surface area (TPSA) is 12.9 Å². The molecule has 0 aromatic carbocycles. The second-order valence-corrected chi connectivity index (χ2v) is 3.35. The zero-order chi connectivity index (χ0) is 10.0. The highest BCUT2D eigenvalue weighted by atomic mass is 79.9. The summed E-state index contributed by atoms with van der Waals surface area (Å²) < 4.78 is 37.7. The highest BCUT2D eigenvalue weighted by Crippen LogP contribution is 2.31. The number of nitrogens with zero attached hydrogens (tertiary/aromatic N) is 1. The Hall–Kier alpha value is -0.290. The van der Waals surface area contributed by atoms with E-state index in [9.17, 15) is 13.2 Å². The molecule has 0 amide bonds. The van der Waals surface area contributed by atoms with Gasteiger partial charge in [0.15, 0.2) is 0 Å². The van der Waals surface area contributed by atoms with Crippen molar-refractivity contribution in [3.63, 3.8) is 0 Å². The van der Waals surface area contributed by atoms with Gasteiger partial charge in [-0.25, -0.2) is 13.8 Å². The van der Waals surface area contributed by atoms with Crippen LogP contribution in [0.4, 0.5) is 13.2 Å². The smallest absolute Gasteiger partial charge is 0.227 e. The van der Waals surface area contributed by atoms with Gasteiger partial charge in [-0.05, 0) is 15.9 Å². The summed E-state index contributed by atoms with van der Waals surface area (Å²) in [5.41, 5.74) is -0.687. The van der Waals surface area contributed by atoms with Crippen molar-refractivity contribution in [3.8, 4) is 0 Å². The third-order valence-corrected chi connectivity index (χ3v) is 2.37. The Labute approximate surface area is 86.0 Å². The first kappa shape index (κ1) is 10.8. The molecule has 6 heteroatoms. The monoisotopic (exact) mass is 273 g/mol. The fraction of sp³-hybridized carbons (Fsp3) is 0.286. The van der Waals surface area contributed by atoms with Gasteiger partial charge in [0.25, 0.3) is 6.43 Å². The quantitative estimate of drug-likeness (QED) is 0.592. The first-order valence-corrected chi connectivity index (χ1v) is 4.57. The van der Waals surface area contributed by atoms with Crippen LogP contribution in [0.2, 0.25) is 0 Å². The molecule has 1 aromatic rings. The maximum atomic E-state index is 12.8. The van der Waals surface area contributed by atoms with Crippen LogP contribution in [0.5, 0.6) is 0 Å². The average molecular weight is 274 g/mol. The molecule has 0 aliphatic rings. The van der Waals surface area contributed by atoms with Gasteiger partial charge in [-0.3, -0.25) is 0 Å². The van der Waals surface area contributed by atoms with Crippen molar-refractivity contribution in [2.45, 2.75) is 12.3 Å². The van der Waals surface area contributed by atoms with E-state index in [-0.39, 0.29) is 15.9 Å². The summed E-state index contributed by atoms with van der Waals surface area (Å²) in [5, 5.41) is 0. The van der Waals surface area contributed by atoms with E-state index in [0.29, 0.717) is 0 Å². The summed E-state index contributed by atoms with van der Waals surface area (Å²) in [6.07, 6.45) is -1.77. The van der Waals surface area contributed by atoms with Crippen LogP contribution in [0.3, 0.4) is 0 Å². The zero-order valence-corrected chi connectivity index (χ0v) is 8.54. The molecule has 13 heavy (non-hydrogen) atoms. The average Bonchev–Trinajstić information content (AvgIpc) is 2.07. The molecule has 72 valence electrons. The summed E-state index contributed by atoms with van der Waals surface area (Å²) in [5.74, 6) is -1.27. The number of halogens is 5. The van der Waals surface area contributed by atoms with Crippen molar-refractivity contribution in [3.05, 3.63) is 27.7 Å². The Morgan fingerprint density at radius 1 is 1.54 bits per heavy atom. The molecule has 1 heterocycles. The summed E-state index contributed by atoms with van der Waals surface area (Å²) in [6.45, 7) is 0. The summed E-state index contributed by atoms with van der Waals surface area (Å²) in [6, 6.07) is 0. The molecule has 0 spiro atoms. The largest absolute Gasteiger partial charge is 0.265 e. The number of rotatable bonds is 2. The van der Waals surface area contributed by atoms with Gasteiger partial charge in [0.2, 0.25) is 5.95 Å². The minimum Gasteiger partial charge on any atom is -0.227 e. The number of hydrogen-bond donors (Lipinski definition) is 0. The SMILES string of the molecule is Fc1ncc(Br)c(C(F)F)c1CCl. The van der Waals surface area contributed by atoms with Crippen LogP contribution >= 0.6 is 27.5 Å². The predicted molar refractivity (Wildman–Crippen MR) is 46.4 cm³/mol. The lowest BCUT2D eigenvalue weighted by Gasteiger charge is -2.08. The van der Waals surface area contributed by atoms with Crippen molar-refractivity contribution >= 4 is 27.5 Å². The summed E-state index contributed by atoms with van der Waals surface area (Å²) >= 11 is 8.17. The molecule has 0 N–H and O–H groups in total. The Morgan fingerprint density at radius 3 is 2.54 bits per heavy atom. The van der Waals surface area contributed by atoms with Crippen LogP contribution in [-0.4, -0.2) is 4.98 Å². The minimum atomic E-state index is -2.76. The van der Waals surface area contributed by atoms with Crippen LogP contribution in [-0.2, 0) is 5.88 Å². The molecule has 1 nitrogen and oxygen atoms in total. The molecule has 0 aliphatic carbocycles. The lowest BCUT2D eigenvalue weighted by atomic mass is 10.1. The van der Waals surface area contributed by atoms with E-state index in [1.54, 1.807) is 0 Å². The normalized spacial score (nSPS) is 10.9. The van der Waals surface area contributed by atoms with Crippen LogP contribution in [0, 0.1) is 5.95 Å². The first-order valence-electron chi connectivity index (χ1n) is 3.24. The second-order valence-electron chi connectivity index (χ2n) is 2.22. The summed E-state index contributed by atoms with van der Waals surface area (Å²) in [7, 11) is 0. The minimum absolute atomic E-state index is 0.0690. The highest BCUT2D eigenvalue weighted by molar-refractivity contribution is 9.10. The maximum absolute atomic E-state index is 12.8. The standard InChI is InChI=1S/C7H4BrClF3N/c8-4-2-13-7(12)3(1-9)5(4)6(10)11/h2,6H,1H2. The molecule has 0 bridgehead atoms. The van der Waals surface area contributed by atoms with Crippen molar-refractivity contribution in [2.75, 3.05) is 0 Å². The van der Waals surface area contributed by atoms with Gasteiger partial charge in [0.1, 0.15) is 0 Å². The van der Waals surface area contributed by atoms with Crippen molar-refractivity contribution < 1.29 is 13.2 Å². The number of aromatic nitrogens is 1. The Morgan fingerprint density at radius 2 is 2.15 bits per heavy atom. The van der Waals surface area contributed by atoms with Gasteiger partial charge in [-0.15, -0.1) is 11.6 Å². The fourth-order valence-corrected chi connectivity index (χ4v) is 1.65. The Balaban J connectivity index is 3.35. The second kappa shape index (κ2) is 4.28. The molecule has 0 saturated carbocycles. The van der Waals surface area contributed by atoms with E-state index in [0.717, 1.165) is 6.20 Å². The van der Waals surface area contributed by atoms with Gasteiger partial charge >= 0.3 is 0 Å². The van der Waals surface area contributed by atoms with E-state index < -0.39 is 17.9 Å². The predicted octanol–water partition coefficient (Wildman–Crippen LogP) is 3.66. The van der Waals surface area contributed by atoms with E-state index in [2.05, 4.69) is 20.9 Å². The molecule has 0 unspecified atom stereocenters. The number of alkyl halides is 3. The Bertz CT molecular complexity index is 319. The third kappa shape index (κ3) is 2.14. The molecule has 0 fully saturated rings. The maximum Gasteiger partial charge on any atom is 0.265 e. The van der Waals surface area contributed by atoms with Crippen molar-refractivity contribution in [2.24, 2.45) is 0 Å². The van der Waals surface area contributed by atoms with Gasteiger partial charge in [-0.2, -0.15) is 4.39 Å². The lowest BCUT2D eigenvalue weighted by molar-refractivity contribution is 0.148. The molecule has 0 radical (unpaired) electrons. The third-order valence-electron chi connectivity index (χ3n) is 1.47. The van der Waals surface area contributed by atoms with Gasteiger partial charge in [-0.1, -0.05) is 0 Å². The molecular weight excluding hydrogens is 270 g/mol. The van der Waals surface area contributed by atoms with Gasteiger partial charge < -0.3 is 0 Å². The van der Waals surface area contributed by atoms with Crippen LogP contribution in [0.15, 0.2) is 10.7 Å². The van der Waals surface area contributed by atoms with Crippen LogP contribution in [0.25, 0.3) is 0 Å². The molecule has 0 saturated heterocycles.